The molecular weight excluding hydrogens is 346 g/mol. The van der Waals surface area contributed by atoms with Gasteiger partial charge >= 0.3 is 0 Å². The Morgan fingerprint density at radius 1 is 1.09 bits per heavy atom. The standard InChI is InChI=1S/C17H15N3S2.ClH/c1-18-9-17-20-14(10-21-17)11-6-7-16-13(8-11)19-12-4-2-3-5-15(12)22-16;/h2-8,10,18-19H,9H2,1H3;1H. The second-order valence-electron chi connectivity index (χ2n) is 5.09. The predicted molar refractivity (Wildman–Crippen MR) is 101 cm³/mol. The molecular formula is C17H16ClN3S2. The van der Waals surface area contributed by atoms with Gasteiger partial charge in [-0.1, -0.05) is 30.0 Å². The SMILES string of the molecule is CNCc1nc(-c2ccc3c(c2)Nc2ccccc2S3)cs1.Cl. The highest BCUT2D eigenvalue weighted by Gasteiger charge is 2.16. The molecule has 0 atom stereocenters. The Bertz CT molecular complexity index is 832. The van der Waals surface area contributed by atoms with E-state index in [0.717, 1.165) is 28.5 Å². The molecule has 4 rings (SSSR count). The highest BCUT2D eigenvalue weighted by Crippen LogP contribution is 2.45. The van der Waals surface area contributed by atoms with Crippen LogP contribution in [-0.4, -0.2) is 12.0 Å². The van der Waals surface area contributed by atoms with Crippen LogP contribution in [0.15, 0.2) is 57.6 Å². The van der Waals surface area contributed by atoms with E-state index in [0.29, 0.717) is 0 Å². The van der Waals surface area contributed by atoms with Crippen LogP contribution >= 0.6 is 35.5 Å². The zero-order valence-corrected chi connectivity index (χ0v) is 14.9. The molecule has 0 saturated carbocycles. The van der Waals surface area contributed by atoms with Crippen LogP contribution in [0.4, 0.5) is 11.4 Å². The Hall–Kier alpha value is -1.53. The van der Waals surface area contributed by atoms with Crippen LogP contribution in [0, 0.1) is 0 Å². The molecule has 2 aromatic carbocycles. The molecule has 0 spiro atoms. The van der Waals surface area contributed by atoms with Crippen LogP contribution in [0.1, 0.15) is 5.01 Å². The fourth-order valence-corrected chi connectivity index (χ4v) is 4.26. The first-order valence-electron chi connectivity index (χ1n) is 7.11. The van der Waals surface area contributed by atoms with Gasteiger partial charge in [0.2, 0.25) is 0 Å². The molecule has 1 aromatic heterocycles. The summed E-state index contributed by atoms with van der Waals surface area (Å²) >= 11 is 3.51. The van der Waals surface area contributed by atoms with Crippen molar-refractivity contribution in [2.75, 3.05) is 12.4 Å². The van der Waals surface area contributed by atoms with Gasteiger partial charge < -0.3 is 10.6 Å². The highest BCUT2D eigenvalue weighted by atomic mass is 35.5. The van der Waals surface area contributed by atoms with Crippen molar-refractivity contribution < 1.29 is 0 Å². The fourth-order valence-electron chi connectivity index (χ4n) is 2.47. The first kappa shape index (κ1) is 16.3. The average Bonchev–Trinajstić information content (AvgIpc) is 3.01. The van der Waals surface area contributed by atoms with E-state index in [2.05, 4.69) is 63.5 Å². The van der Waals surface area contributed by atoms with Crippen molar-refractivity contribution in [2.24, 2.45) is 0 Å². The number of nitrogens with one attached hydrogen (secondary N) is 2. The quantitative estimate of drug-likeness (QED) is 0.528. The van der Waals surface area contributed by atoms with Crippen molar-refractivity contribution in [1.82, 2.24) is 10.3 Å². The lowest BCUT2D eigenvalue weighted by atomic mass is 10.1. The highest BCUT2D eigenvalue weighted by molar-refractivity contribution is 7.99. The average molecular weight is 362 g/mol. The maximum atomic E-state index is 4.68. The lowest BCUT2D eigenvalue weighted by Crippen LogP contribution is -2.04. The van der Waals surface area contributed by atoms with Crippen LogP contribution in [0.2, 0.25) is 0 Å². The van der Waals surface area contributed by atoms with Gasteiger partial charge in [-0.3, -0.25) is 0 Å². The fraction of sp³-hybridized carbons (Fsp3) is 0.118. The number of benzene rings is 2. The Balaban J connectivity index is 0.00000156. The minimum atomic E-state index is 0. The smallest absolute Gasteiger partial charge is 0.107 e. The van der Waals surface area contributed by atoms with Crippen molar-refractivity contribution in [2.45, 2.75) is 16.3 Å². The third-order valence-corrected chi connectivity index (χ3v) is 5.53. The first-order chi connectivity index (χ1) is 10.8. The number of thiazole rings is 1. The summed E-state index contributed by atoms with van der Waals surface area (Å²) in [4.78, 5) is 7.21. The van der Waals surface area contributed by atoms with E-state index >= 15 is 0 Å². The van der Waals surface area contributed by atoms with E-state index in [4.69, 9.17) is 0 Å². The maximum Gasteiger partial charge on any atom is 0.107 e. The molecule has 3 nitrogen and oxygen atoms in total. The van der Waals surface area contributed by atoms with Crippen LogP contribution in [-0.2, 0) is 6.54 Å². The van der Waals surface area contributed by atoms with E-state index < -0.39 is 0 Å². The first-order valence-corrected chi connectivity index (χ1v) is 8.80. The van der Waals surface area contributed by atoms with E-state index in [1.807, 2.05) is 18.8 Å². The van der Waals surface area contributed by atoms with Gasteiger partial charge in [-0.25, -0.2) is 4.98 Å². The molecule has 1 aliphatic heterocycles. The topological polar surface area (TPSA) is 37.0 Å². The lowest BCUT2D eigenvalue weighted by Gasteiger charge is -2.21. The zero-order chi connectivity index (χ0) is 14.9. The number of para-hydroxylation sites is 1. The van der Waals surface area contributed by atoms with Gasteiger partial charge in [-0.15, -0.1) is 23.7 Å². The molecule has 0 fully saturated rings. The molecule has 0 unspecified atom stereocenters. The van der Waals surface area contributed by atoms with Gasteiger partial charge in [0.25, 0.3) is 0 Å². The number of anilines is 2. The summed E-state index contributed by atoms with van der Waals surface area (Å²) in [5, 5.41) is 9.90. The molecule has 0 amide bonds. The monoisotopic (exact) mass is 361 g/mol. The van der Waals surface area contributed by atoms with Gasteiger partial charge in [0, 0.05) is 27.3 Å². The summed E-state index contributed by atoms with van der Waals surface area (Å²) in [6, 6.07) is 14.9. The molecule has 2 N–H and O–H groups in total. The molecule has 0 aliphatic carbocycles. The van der Waals surface area contributed by atoms with Crippen molar-refractivity contribution >= 4 is 46.9 Å². The van der Waals surface area contributed by atoms with E-state index in [1.165, 1.54) is 15.5 Å². The van der Waals surface area contributed by atoms with E-state index in [1.54, 1.807) is 11.3 Å². The van der Waals surface area contributed by atoms with Crippen LogP contribution < -0.4 is 10.6 Å². The minimum absolute atomic E-state index is 0. The summed E-state index contributed by atoms with van der Waals surface area (Å²) in [6.45, 7) is 0.817. The van der Waals surface area contributed by atoms with Crippen LogP contribution in [0.5, 0.6) is 0 Å². The second-order valence-corrected chi connectivity index (χ2v) is 7.12. The van der Waals surface area contributed by atoms with Crippen molar-refractivity contribution in [3.63, 3.8) is 0 Å². The van der Waals surface area contributed by atoms with Crippen molar-refractivity contribution in [3.05, 3.63) is 52.9 Å². The number of halogens is 1. The van der Waals surface area contributed by atoms with Crippen LogP contribution in [0.3, 0.4) is 0 Å². The second kappa shape index (κ2) is 6.93. The number of aromatic nitrogens is 1. The summed E-state index contributed by atoms with van der Waals surface area (Å²) in [5.41, 5.74) is 4.53. The molecule has 23 heavy (non-hydrogen) atoms. The van der Waals surface area contributed by atoms with Gasteiger partial charge in [-0.05, 0) is 31.3 Å². The third kappa shape index (κ3) is 3.23. The number of fused-ring (bicyclic) bond motifs is 2. The molecule has 0 radical (unpaired) electrons. The Morgan fingerprint density at radius 2 is 1.91 bits per heavy atom. The Morgan fingerprint density at radius 3 is 2.78 bits per heavy atom. The minimum Gasteiger partial charge on any atom is -0.354 e. The van der Waals surface area contributed by atoms with Crippen molar-refractivity contribution in [1.29, 1.82) is 0 Å². The van der Waals surface area contributed by atoms with Gasteiger partial charge in [0.15, 0.2) is 0 Å². The Labute approximate surface area is 150 Å². The maximum absolute atomic E-state index is 4.68. The molecule has 0 bridgehead atoms. The molecule has 3 aromatic rings. The summed E-state index contributed by atoms with van der Waals surface area (Å²) in [7, 11) is 1.94. The van der Waals surface area contributed by atoms with Crippen molar-refractivity contribution in [3.8, 4) is 11.3 Å². The predicted octanol–water partition coefficient (Wildman–Crippen LogP) is 5.16. The Kier molecular flexibility index (Phi) is 4.92. The molecule has 2 heterocycles. The zero-order valence-electron chi connectivity index (χ0n) is 12.5. The molecule has 0 saturated heterocycles. The number of rotatable bonds is 3. The number of nitrogens with zero attached hydrogens (tertiary/aromatic N) is 1. The van der Waals surface area contributed by atoms with E-state index in [9.17, 15) is 0 Å². The van der Waals surface area contributed by atoms with Crippen LogP contribution in [0.25, 0.3) is 11.3 Å². The molecule has 1 aliphatic rings. The lowest BCUT2D eigenvalue weighted by molar-refractivity contribution is 0.811. The van der Waals surface area contributed by atoms with Gasteiger partial charge in [-0.2, -0.15) is 0 Å². The third-order valence-electron chi connectivity index (χ3n) is 3.53. The molecule has 6 heteroatoms. The summed E-state index contributed by atoms with van der Waals surface area (Å²) in [5.74, 6) is 0. The number of hydrogen-bond donors (Lipinski definition) is 2. The van der Waals surface area contributed by atoms with Gasteiger partial charge in [0.05, 0.1) is 17.1 Å². The van der Waals surface area contributed by atoms with E-state index in [-0.39, 0.29) is 12.4 Å². The normalized spacial score (nSPS) is 11.9. The van der Waals surface area contributed by atoms with Gasteiger partial charge in [0.1, 0.15) is 5.01 Å². The summed E-state index contributed by atoms with van der Waals surface area (Å²) in [6.07, 6.45) is 0. The largest absolute Gasteiger partial charge is 0.354 e. The summed E-state index contributed by atoms with van der Waals surface area (Å²) < 4.78 is 0. The number of hydrogen-bond acceptors (Lipinski definition) is 5. The molecule has 118 valence electrons.